The van der Waals surface area contributed by atoms with Crippen molar-refractivity contribution in [1.29, 1.82) is 0 Å². The van der Waals surface area contributed by atoms with Crippen LogP contribution in [0.3, 0.4) is 0 Å². The summed E-state index contributed by atoms with van der Waals surface area (Å²) in [6, 6.07) is 23.3. The van der Waals surface area contributed by atoms with Crippen LogP contribution < -0.4 is 9.47 Å². The van der Waals surface area contributed by atoms with Gasteiger partial charge in [0.05, 0.1) is 30.8 Å². The maximum absolute atomic E-state index is 13.1. The second-order valence-corrected chi connectivity index (χ2v) is 6.60. The highest BCUT2D eigenvalue weighted by Crippen LogP contribution is 2.40. The molecule has 1 heterocycles. The number of carbonyl (C=O) groups excluding carboxylic acids is 1. The number of methoxy groups -OCH3 is 2. The van der Waals surface area contributed by atoms with E-state index in [0.717, 1.165) is 27.6 Å². The van der Waals surface area contributed by atoms with Crippen molar-refractivity contribution in [1.82, 2.24) is 4.98 Å². The Morgan fingerprint density at radius 2 is 1.59 bits per heavy atom. The Morgan fingerprint density at radius 3 is 2.24 bits per heavy atom. The molecule has 29 heavy (non-hydrogen) atoms. The molecule has 0 saturated carbocycles. The number of benzene rings is 3. The molecule has 0 aliphatic heterocycles. The zero-order valence-corrected chi connectivity index (χ0v) is 16.3. The number of rotatable bonds is 6. The first-order chi connectivity index (χ1) is 14.2. The minimum absolute atomic E-state index is 0.107. The van der Waals surface area contributed by atoms with E-state index in [0.29, 0.717) is 17.2 Å². The Balaban J connectivity index is 1.91. The van der Waals surface area contributed by atoms with Gasteiger partial charge in [-0.1, -0.05) is 66.7 Å². The van der Waals surface area contributed by atoms with E-state index >= 15 is 0 Å². The zero-order valence-electron chi connectivity index (χ0n) is 16.3. The van der Waals surface area contributed by atoms with Crippen molar-refractivity contribution in [3.8, 4) is 22.6 Å². The molecular formula is C25H21NO3. The molecule has 0 saturated heterocycles. The fraction of sp³-hybridized carbons (Fsp3) is 0.0800. The smallest absolute Gasteiger partial charge is 0.202 e. The largest absolute Gasteiger partial charge is 0.497 e. The Bertz CT molecular complexity index is 1180. The predicted octanol–water partition coefficient (Wildman–Crippen LogP) is 5.75. The van der Waals surface area contributed by atoms with E-state index in [1.807, 2.05) is 78.9 Å². The molecule has 0 bridgehead atoms. The molecule has 0 aliphatic carbocycles. The van der Waals surface area contributed by atoms with E-state index in [1.165, 1.54) is 0 Å². The van der Waals surface area contributed by atoms with Crippen LogP contribution in [0.15, 0.2) is 78.9 Å². The predicted molar refractivity (Wildman–Crippen MR) is 117 cm³/mol. The highest BCUT2D eigenvalue weighted by atomic mass is 16.5. The average molecular weight is 383 g/mol. The number of hydrogen-bond acceptors (Lipinski definition) is 3. The fourth-order valence-corrected chi connectivity index (χ4v) is 3.45. The average Bonchev–Trinajstić information content (AvgIpc) is 3.17. The second kappa shape index (κ2) is 8.07. The summed E-state index contributed by atoms with van der Waals surface area (Å²) < 4.78 is 11.0. The molecular weight excluding hydrogens is 362 g/mol. The molecule has 4 rings (SSSR count). The SMILES string of the molecule is COc1cc(OC)c2c(-c3ccccc3)c(C(=O)/C=C/c3ccccc3)[nH]c2c1. The third-order valence-corrected chi connectivity index (χ3v) is 4.83. The van der Waals surface area contributed by atoms with Crippen molar-refractivity contribution in [3.05, 3.63) is 90.1 Å². The van der Waals surface area contributed by atoms with Crippen LogP contribution in [0.2, 0.25) is 0 Å². The van der Waals surface area contributed by atoms with E-state index in [2.05, 4.69) is 4.98 Å². The molecule has 0 fully saturated rings. The van der Waals surface area contributed by atoms with Crippen LogP contribution in [0.25, 0.3) is 28.1 Å². The first kappa shape index (κ1) is 18.6. The highest BCUT2D eigenvalue weighted by molar-refractivity contribution is 6.17. The number of ketones is 1. The fourth-order valence-electron chi connectivity index (χ4n) is 3.45. The Hall–Kier alpha value is -3.79. The van der Waals surface area contributed by atoms with Crippen LogP contribution in [-0.4, -0.2) is 25.0 Å². The summed E-state index contributed by atoms with van der Waals surface area (Å²) in [4.78, 5) is 16.4. The molecule has 0 radical (unpaired) electrons. The number of nitrogens with one attached hydrogen (secondary N) is 1. The molecule has 0 atom stereocenters. The highest BCUT2D eigenvalue weighted by Gasteiger charge is 2.21. The first-order valence-corrected chi connectivity index (χ1v) is 9.32. The Labute approximate surface area is 169 Å². The van der Waals surface area contributed by atoms with Crippen LogP contribution >= 0.6 is 0 Å². The van der Waals surface area contributed by atoms with E-state index in [9.17, 15) is 4.79 Å². The lowest BCUT2D eigenvalue weighted by Crippen LogP contribution is -1.97. The zero-order chi connectivity index (χ0) is 20.2. The molecule has 1 N–H and O–H groups in total. The minimum atomic E-state index is -0.107. The molecule has 0 amide bonds. The van der Waals surface area contributed by atoms with Gasteiger partial charge in [-0.05, 0) is 17.2 Å². The van der Waals surface area contributed by atoms with Gasteiger partial charge in [-0.2, -0.15) is 0 Å². The number of carbonyl (C=O) groups is 1. The van der Waals surface area contributed by atoms with Gasteiger partial charge in [-0.15, -0.1) is 0 Å². The minimum Gasteiger partial charge on any atom is -0.497 e. The van der Waals surface area contributed by atoms with Crippen molar-refractivity contribution < 1.29 is 14.3 Å². The third kappa shape index (κ3) is 3.65. The number of H-pyrrole nitrogens is 1. The van der Waals surface area contributed by atoms with Crippen LogP contribution in [-0.2, 0) is 0 Å². The molecule has 4 aromatic rings. The maximum Gasteiger partial charge on any atom is 0.202 e. The molecule has 4 nitrogen and oxygen atoms in total. The van der Waals surface area contributed by atoms with Gasteiger partial charge in [-0.3, -0.25) is 4.79 Å². The van der Waals surface area contributed by atoms with Gasteiger partial charge < -0.3 is 14.5 Å². The lowest BCUT2D eigenvalue weighted by Gasteiger charge is -2.08. The number of aromatic nitrogens is 1. The second-order valence-electron chi connectivity index (χ2n) is 6.60. The van der Waals surface area contributed by atoms with Gasteiger partial charge in [-0.25, -0.2) is 0 Å². The van der Waals surface area contributed by atoms with Gasteiger partial charge in [0.25, 0.3) is 0 Å². The summed E-state index contributed by atoms with van der Waals surface area (Å²) in [6.45, 7) is 0. The summed E-state index contributed by atoms with van der Waals surface area (Å²) in [5.74, 6) is 1.21. The van der Waals surface area contributed by atoms with Crippen molar-refractivity contribution in [2.24, 2.45) is 0 Å². The molecule has 3 aromatic carbocycles. The van der Waals surface area contributed by atoms with Crippen molar-refractivity contribution in [2.75, 3.05) is 14.2 Å². The van der Waals surface area contributed by atoms with Crippen LogP contribution in [0, 0.1) is 0 Å². The van der Waals surface area contributed by atoms with Crippen LogP contribution in [0.5, 0.6) is 11.5 Å². The topological polar surface area (TPSA) is 51.3 Å². The van der Waals surface area contributed by atoms with Crippen molar-refractivity contribution in [3.63, 3.8) is 0 Å². The van der Waals surface area contributed by atoms with Gasteiger partial charge in [0.1, 0.15) is 11.5 Å². The standard InChI is InChI=1S/C25H21NO3/c1-28-19-15-20-24(22(16-19)29-2)23(18-11-7-4-8-12-18)25(26-20)21(27)14-13-17-9-5-3-6-10-17/h3-16,26H,1-2H3/b14-13+. The summed E-state index contributed by atoms with van der Waals surface area (Å²) >= 11 is 0. The lowest BCUT2D eigenvalue weighted by molar-refractivity contribution is 0.104. The van der Waals surface area contributed by atoms with Crippen LogP contribution in [0.1, 0.15) is 16.1 Å². The lowest BCUT2D eigenvalue weighted by atomic mass is 9.99. The van der Waals surface area contributed by atoms with Gasteiger partial charge in [0.15, 0.2) is 0 Å². The first-order valence-electron chi connectivity index (χ1n) is 9.32. The van der Waals surface area contributed by atoms with E-state index in [4.69, 9.17) is 9.47 Å². The molecule has 0 spiro atoms. The summed E-state index contributed by atoms with van der Waals surface area (Å²) in [5.41, 5.74) is 4.04. The number of aromatic amines is 1. The van der Waals surface area contributed by atoms with E-state index < -0.39 is 0 Å². The molecule has 0 aliphatic rings. The van der Waals surface area contributed by atoms with Gasteiger partial charge >= 0.3 is 0 Å². The van der Waals surface area contributed by atoms with Gasteiger partial charge in [0.2, 0.25) is 5.78 Å². The normalized spacial score (nSPS) is 11.1. The quantitative estimate of drug-likeness (QED) is 0.341. The van der Waals surface area contributed by atoms with Gasteiger partial charge in [0, 0.05) is 17.7 Å². The Kier molecular flexibility index (Phi) is 5.16. The maximum atomic E-state index is 13.1. The van der Waals surface area contributed by atoms with Crippen molar-refractivity contribution >= 4 is 22.8 Å². The molecule has 4 heteroatoms. The summed E-state index contributed by atoms with van der Waals surface area (Å²) in [5, 5.41) is 0.857. The summed E-state index contributed by atoms with van der Waals surface area (Å²) in [7, 11) is 3.23. The van der Waals surface area contributed by atoms with Crippen molar-refractivity contribution in [2.45, 2.75) is 0 Å². The van der Waals surface area contributed by atoms with Crippen LogP contribution in [0.4, 0.5) is 0 Å². The third-order valence-electron chi connectivity index (χ3n) is 4.83. The van der Waals surface area contributed by atoms with E-state index in [-0.39, 0.29) is 5.78 Å². The molecule has 1 aromatic heterocycles. The molecule has 144 valence electrons. The number of hydrogen-bond donors (Lipinski definition) is 1. The van der Waals surface area contributed by atoms with E-state index in [1.54, 1.807) is 20.3 Å². The number of ether oxygens (including phenoxy) is 2. The molecule has 0 unspecified atom stereocenters. The number of fused-ring (bicyclic) bond motifs is 1. The Morgan fingerprint density at radius 1 is 0.897 bits per heavy atom. The summed E-state index contributed by atoms with van der Waals surface area (Å²) in [6.07, 6.45) is 3.41. The monoisotopic (exact) mass is 383 g/mol. The number of allylic oxidation sites excluding steroid dienone is 1.